The van der Waals surface area contributed by atoms with Crippen molar-refractivity contribution in [2.75, 3.05) is 7.11 Å². The minimum atomic E-state index is 0.408. The number of nitrogens with zero attached hydrogens (tertiary/aromatic N) is 2. The average Bonchev–Trinajstić information content (AvgIpc) is 2.83. The van der Waals surface area contributed by atoms with Crippen LogP contribution < -0.4 is 4.74 Å². The summed E-state index contributed by atoms with van der Waals surface area (Å²) in [5.74, 6) is 2.16. The van der Waals surface area contributed by atoms with E-state index in [0.717, 1.165) is 29.0 Å². The quantitative estimate of drug-likeness (QED) is 0.727. The Morgan fingerprint density at radius 3 is 2.84 bits per heavy atom. The third-order valence-corrected chi connectivity index (χ3v) is 3.75. The molecule has 3 nitrogen and oxygen atoms in total. The predicted octanol–water partition coefficient (Wildman–Crippen LogP) is 4.53. The summed E-state index contributed by atoms with van der Waals surface area (Å²) < 4.78 is 7.63. The maximum Gasteiger partial charge on any atom is 0.146 e. The number of imidazole rings is 1. The molecule has 0 N–H and O–H groups in total. The van der Waals surface area contributed by atoms with Crippen LogP contribution in [0.3, 0.4) is 0 Å². The number of fused-ring (bicyclic) bond motifs is 1. The molecule has 1 heterocycles. The van der Waals surface area contributed by atoms with Crippen molar-refractivity contribution < 1.29 is 4.74 Å². The van der Waals surface area contributed by atoms with Crippen molar-refractivity contribution in [3.05, 3.63) is 24.0 Å². The van der Waals surface area contributed by atoms with Gasteiger partial charge in [-0.3, -0.25) is 0 Å². The number of hydrogen-bond donors (Lipinski definition) is 0. The fraction of sp³-hybridized carbons (Fsp3) is 0.533. The van der Waals surface area contributed by atoms with Crippen LogP contribution in [-0.4, -0.2) is 16.7 Å². The first-order valence-electron chi connectivity index (χ1n) is 6.82. The molecule has 0 aliphatic carbocycles. The van der Waals surface area contributed by atoms with Gasteiger partial charge in [-0.25, -0.2) is 4.98 Å². The molecule has 4 heteroatoms. The lowest BCUT2D eigenvalue weighted by Gasteiger charge is -2.16. The number of hydrogen-bond acceptors (Lipinski definition) is 2. The molecule has 0 saturated carbocycles. The molecule has 1 aromatic carbocycles. The van der Waals surface area contributed by atoms with Crippen LogP contribution in [0.15, 0.2) is 18.2 Å². The van der Waals surface area contributed by atoms with Crippen molar-refractivity contribution in [3.8, 4) is 5.75 Å². The first kappa shape index (κ1) is 14.2. The third kappa shape index (κ3) is 2.71. The second-order valence-corrected chi connectivity index (χ2v) is 5.12. The van der Waals surface area contributed by atoms with Gasteiger partial charge in [0.1, 0.15) is 17.1 Å². The molecule has 1 aromatic heterocycles. The second-order valence-electron chi connectivity index (χ2n) is 4.85. The number of unbranched alkanes of at least 4 members (excludes halogenated alkanes) is 1. The van der Waals surface area contributed by atoms with Crippen LogP contribution in [0.2, 0.25) is 0 Å². The van der Waals surface area contributed by atoms with Gasteiger partial charge in [0.2, 0.25) is 0 Å². The first-order valence-corrected chi connectivity index (χ1v) is 7.36. The van der Waals surface area contributed by atoms with Crippen LogP contribution in [0.4, 0.5) is 0 Å². The highest BCUT2D eigenvalue weighted by molar-refractivity contribution is 6.16. The number of ether oxygens (including phenoxy) is 1. The Balaban J connectivity index is 2.51. The molecule has 2 aromatic rings. The highest BCUT2D eigenvalue weighted by Crippen LogP contribution is 2.30. The molecule has 0 aliphatic rings. The second kappa shape index (κ2) is 6.29. The molecule has 2 rings (SSSR count). The van der Waals surface area contributed by atoms with Crippen molar-refractivity contribution in [2.45, 2.75) is 45.0 Å². The number of benzene rings is 1. The predicted molar refractivity (Wildman–Crippen MR) is 80.1 cm³/mol. The van der Waals surface area contributed by atoms with Gasteiger partial charge in [0, 0.05) is 6.04 Å². The summed E-state index contributed by atoms with van der Waals surface area (Å²) in [6, 6.07) is 6.44. The fourth-order valence-electron chi connectivity index (χ4n) is 2.52. The topological polar surface area (TPSA) is 27.1 Å². The van der Waals surface area contributed by atoms with Crippen LogP contribution in [0.1, 0.15) is 45.0 Å². The Kier molecular flexibility index (Phi) is 4.70. The van der Waals surface area contributed by atoms with E-state index in [-0.39, 0.29) is 0 Å². The molecule has 0 fully saturated rings. The molecule has 0 bridgehead atoms. The lowest BCUT2D eigenvalue weighted by molar-refractivity contribution is 0.419. The van der Waals surface area contributed by atoms with E-state index in [4.69, 9.17) is 16.3 Å². The summed E-state index contributed by atoms with van der Waals surface area (Å²) in [6.07, 6.45) is 3.56. The molecule has 0 radical (unpaired) electrons. The van der Waals surface area contributed by atoms with Crippen molar-refractivity contribution in [1.29, 1.82) is 0 Å². The Hall–Kier alpha value is -1.22. The SMILES string of the molecule is CCCCC(C)n1c(CCl)nc2c(OC)cccc21. The molecule has 104 valence electrons. The molecule has 1 unspecified atom stereocenters. The summed E-state index contributed by atoms with van der Waals surface area (Å²) >= 11 is 6.05. The number of aromatic nitrogens is 2. The van der Waals surface area contributed by atoms with Gasteiger partial charge in [-0.15, -0.1) is 11.6 Å². The van der Waals surface area contributed by atoms with Crippen molar-refractivity contribution in [1.82, 2.24) is 9.55 Å². The van der Waals surface area contributed by atoms with Crippen LogP contribution in [-0.2, 0) is 5.88 Å². The molecule has 0 amide bonds. The molecule has 0 saturated heterocycles. The molecule has 19 heavy (non-hydrogen) atoms. The van der Waals surface area contributed by atoms with E-state index in [2.05, 4.69) is 29.5 Å². The Bertz CT molecular complexity index is 550. The average molecular weight is 281 g/mol. The maximum absolute atomic E-state index is 6.05. The lowest BCUT2D eigenvalue weighted by atomic mass is 10.1. The van der Waals surface area contributed by atoms with Crippen molar-refractivity contribution in [2.24, 2.45) is 0 Å². The van der Waals surface area contributed by atoms with E-state index < -0.39 is 0 Å². The Labute approximate surface area is 119 Å². The van der Waals surface area contributed by atoms with Gasteiger partial charge in [-0.1, -0.05) is 25.8 Å². The maximum atomic E-state index is 6.05. The van der Waals surface area contributed by atoms with E-state index in [1.54, 1.807) is 7.11 Å². The standard InChI is InChI=1S/C15H21ClN2O/c1-4-5-7-11(2)18-12-8-6-9-13(19-3)15(12)17-14(18)10-16/h6,8-9,11H,4-5,7,10H2,1-3H3. The van der Waals surface area contributed by atoms with E-state index in [9.17, 15) is 0 Å². The zero-order valence-corrected chi connectivity index (χ0v) is 12.6. The monoisotopic (exact) mass is 280 g/mol. The summed E-state index contributed by atoms with van der Waals surface area (Å²) in [7, 11) is 1.68. The van der Waals surface area contributed by atoms with E-state index in [0.29, 0.717) is 11.9 Å². The first-order chi connectivity index (χ1) is 9.22. The Morgan fingerprint density at radius 2 is 2.21 bits per heavy atom. The zero-order valence-electron chi connectivity index (χ0n) is 11.8. The number of methoxy groups -OCH3 is 1. The van der Waals surface area contributed by atoms with Gasteiger partial charge in [-0.2, -0.15) is 0 Å². The van der Waals surface area contributed by atoms with Crippen molar-refractivity contribution >= 4 is 22.6 Å². The van der Waals surface area contributed by atoms with Gasteiger partial charge in [0.15, 0.2) is 0 Å². The van der Waals surface area contributed by atoms with Crippen LogP contribution in [0, 0.1) is 0 Å². The third-order valence-electron chi connectivity index (χ3n) is 3.51. The summed E-state index contributed by atoms with van der Waals surface area (Å²) in [5, 5.41) is 0. The van der Waals surface area contributed by atoms with E-state index in [1.165, 1.54) is 12.8 Å². The molecular weight excluding hydrogens is 260 g/mol. The highest BCUT2D eigenvalue weighted by Gasteiger charge is 2.17. The van der Waals surface area contributed by atoms with Gasteiger partial charge in [-0.05, 0) is 25.5 Å². The zero-order chi connectivity index (χ0) is 13.8. The van der Waals surface area contributed by atoms with Gasteiger partial charge in [0.05, 0.1) is 18.5 Å². The van der Waals surface area contributed by atoms with E-state index >= 15 is 0 Å². The number of para-hydroxylation sites is 1. The molecule has 0 spiro atoms. The number of alkyl halides is 1. The van der Waals surface area contributed by atoms with Crippen LogP contribution >= 0.6 is 11.6 Å². The van der Waals surface area contributed by atoms with Crippen LogP contribution in [0.5, 0.6) is 5.75 Å². The normalized spacial score (nSPS) is 12.8. The van der Waals surface area contributed by atoms with Crippen molar-refractivity contribution in [3.63, 3.8) is 0 Å². The summed E-state index contributed by atoms with van der Waals surface area (Å²) in [6.45, 7) is 4.44. The van der Waals surface area contributed by atoms with Gasteiger partial charge < -0.3 is 9.30 Å². The minimum Gasteiger partial charge on any atom is -0.494 e. The fourth-order valence-corrected chi connectivity index (χ4v) is 2.71. The van der Waals surface area contributed by atoms with E-state index in [1.807, 2.05) is 12.1 Å². The van der Waals surface area contributed by atoms with Crippen LogP contribution in [0.25, 0.3) is 11.0 Å². The number of rotatable bonds is 6. The lowest BCUT2D eigenvalue weighted by Crippen LogP contribution is -2.08. The van der Waals surface area contributed by atoms with Gasteiger partial charge in [0.25, 0.3) is 0 Å². The molecule has 1 atom stereocenters. The van der Waals surface area contributed by atoms with Gasteiger partial charge >= 0.3 is 0 Å². The smallest absolute Gasteiger partial charge is 0.146 e. The number of halogens is 1. The minimum absolute atomic E-state index is 0.408. The largest absolute Gasteiger partial charge is 0.494 e. The summed E-state index contributed by atoms with van der Waals surface area (Å²) in [5.41, 5.74) is 2.02. The molecular formula is C15H21ClN2O. The Morgan fingerprint density at radius 1 is 1.42 bits per heavy atom. The molecule has 0 aliphatic heterocycles. The summed E-state index contributed by atoms with van der Waals surface area (Å²) in [4.78, 5) is 4.64. The highest BCUT2D eigenvalue weighted by atomic mass is 35.5.